The van der Waals surface area contributed by atoms with Crippen molar-refractivity contribution in [1.29, 1.82) is 0 Å². The summed E-state index contributed by atoms with van der Waals surface area (Å²) in [6.07, 6.45) is 17.4. The lowest BCUT2D eigenvalue weighted by molar-refractivity contribution is -0.116. The Bertz CT molecular complexity index is 1200. The van der Waals surface area contributed by atoms with E-state index < -0.39 is 0 Å². The van der Waals surface area contributed by atoms with Crippen molar-refractivity contribution in [1.82, 2.24) is 10.3 Å². The molecule has 1 heterocycles. The maximum atomic E-state index is 12.9. The van der Waals surface area contributed by atoms with Gasteiger partial charge < -0.3 is 16.0 Å². The number of anilines is 2. The van der Waals surface area contributed by atoms with E-state index in [9.17, 15) is 9.18 Å². The van der Waals surface area contributed by atoms with Crippen molar-refractivity contribution in [3.05, 3.63) is 78.7 Å². The van der Waals surface area contributed by atoms with Crippen molar-refractivity contribution >= 4 is 28.3 Å². The zero-order chi connectivity index (χ0) is 30.7. The topological polar surface area (TPSA) is 66.0 Å². The van der Waals surface area contributed by atoms with Crippen LogP contribution in [0.2, 0.25) is 0 Å². The molecule has 3 unspecified atom stereocenters. The van der Waals surface area contributed by atoms with Crippen LogP contribution in [-0.4, -0.2) is 30.5 Å². The van der Waals surface area contributed by atoms with Crippen molar-refractivity contribution in [2.24, 2.45) is 17.8 Å². The minimum Gasteiger partial charge on any atom is -0.369 e. The smallest absolute Gasteiger partial charge is 0.224 e. The first-order valence-electron chi connectivity index (χ1n) is 15.8. The number of hydrogen-bond acceptors (Lipinski definition) is 4. The van der Waals surface area contributed by atoms with Crippen molar-refractivity contribution in [3.8, 4) is 0 Å². The molecule has 2 aliphatic rings. The predicted molar refractivity (Wildman–Crippen MR) is 180 cm³/mol. The van der Waals surface area contributed by atoms with E-state index in [-0.39, 0.29) is 11.7 Å². The number of halogens is 1. The number of fused-ring (bicyclic) bond motifs is 3. The maximum absolute atomic E-state index is 12.9. The highest BCUT2D eigenvalue weighted by molar-refractivity contribution is 6.01. The SMILES string of the molecule is C/C=C\CC.C=C/C=C(\C)F.CCCC1CC2CC1=CC(CC(=O)Nc1cccc3nc(NCCNCC)ccc13)C2. The van der Waals surface area contributed by atoms with Crippen LogP contribution in [0, 0.1) is 17.8 Å². The lowest BCUT2D eigenvalue weighted by atomic mass is 9.85. The van der Waals surface area contributed by atoms with E-state index in [0.29, 0.717) is 12.3 Å². The molecule has 2 aromatic rings. The Morgan fingerprint density at radius 1 is 1.14 bits per heavy atom. The Kier molecular flexibility index (Phi) is 16.5. The van der Waals surface area contributed by atoms with Gasteiger partial charge in [-0.05, 0) is 101 Å². The van der Waals surface area contributed by atoms with Crippen LogP contribution in [0.5, 0.6) is 0 Å². The lowest BCUT2D eigenvalue weighted by Gasteiger charge is -2.21. The summed E-state index contributed by atoms with van der Waals surface area (Å²) in [5.41, 5.74) is 3.37. The zero-order valence-corrected chi connectivity index (χ0v) is 26.5. The van der Waals surface area contributed by atoms with Gasteiger partial charge in [0.15, 0.2) is 0 Å². The zero-order valence-electron chi connectivity index (χ0n) is 26.5. The van der Waals surface area contributed by atoms with Gasteiger partial charge in [0.25, 0.3) is 0 Å². The number of aromatic nitrogens is 1. The molecule has 4 rings (SSSR count). The summed E-state index contributed by atoms with van der Waals surface area (Å²) in [5.74, 6) is 2.71. The van der Waals surface area contributed by atoms with Gasteiger partial charge in [0, 0.05) is 24.9 Å². The number of pyridine rings is 1. The highest BCUT2D eigenvalue weighted by Crippen LogP contribution is 2.46. The minimum absolute atomic E-state index is 0.107. The van der Waals surface area contributed by atoms with Crippen molar-refractivity contribution < 1.29 is 9.18 Å². The average molecular weight is 577 g/mol. The van der Waals surface area contributed by atoms with Gasteiger partial charge in [0.1, 0.15) is 5.82 Å². The maximum Gasteiger partial charge on any atom is 0.224 e. The van der Waals surface area contributed by atoms with Gasteiger partial charge in [-0.15, -0.1) is 0 Å². The highest BCUT2D eigenvalue weighted by atomic mass is 19.1. The number of carbonyl (C=O) groups excluding carboxylic acids is 1. The van der Waals surface area contributed by atoms with Gasteiger partial charge in [-0.25, -0.2) is 9.37 Å². The molecule has 0 spiro atoms. The molecule has 0 aliphatic heterocycles. The number of nitrogens with one attached hydrogen (secondary N) is 3. The monoisotopic (exact) mass is 576 g/mol. The molecule has 6 heteroatoms. The van der Waals surface area contributed by atoms with Gasteiger partial charge in [0.2, 0.25) is 5.91 Å². The van der Waals surface area contributed by atoms with E-state index in [1.54, 1.807) is 5.57 Å². The van der Waals surface area contributed by atoms with E-state index in [0.717, 1.165) is 66.7 Å². The van der Waals surface area contributed by atoms with Crippen LogP contribution in [-0.2, 0) is 4.79 Å². The van der Waals surface area contributed by atoms with Crippen LogP contribution < -0.4 is 16.0 Å². The molecule has 230 valence electrons. The number of amides is 1. The minimum atomic E-state index is -0.204. The second-order valence-corrected chi connectivity index (χ2v) is 11.1. The van der Waals surface area contributed by atoms with E-state index in [1.165, 1.54) is 44.8 Å². The molecule has 0 saturated heterocycles. The number of likely N-dealkylation sites (N-methyl/N-ethyl adjacent to an activating group) is 1. The fourth-order valence-corrected chi connectivity index (χ4v) is 5.77. The van der Waals surface area contributed by atoms with E-state index in [2.05, 4.69) is 61.5 Å². The van der Waals surface area contributed by atoms with Crippen LogP contribution in [0.15, 0.2) is 78.7 Å². The molecular formula is C36H53FN4O. The summed E-state index contributed by atoms with van der Waals surface area (Å²) in [6.45, 7) is 15.9. The number of carbonyl (C=O) groups is 1. The number of nitrogens with zero attached hydrogens (tertiary/aromatic N) is 1. The summed E-state index contributed by atoms with van der Waals surface area (Å²) in [7, 11) is 0. The molecule has 2 bridgehead atoms. The number of allylic oxidation sites excluding steroid dienone is 7. The predicted octanol–water partition coefficient (Wildman–Crippen LogP) is 9.38. The molecule has 3 N–H and O–H groups in total. The Balaban J connectivity index is 0.000000478. The van der Waals surface area contributed by atoms with E-state index in [1.807, 2.05) is 37.3 Å². The molecule has 0 radical (unpaired) electrons. The normalized spacial score (nSPS) is 19.3. The molecule has 1 aromatic heterocycles. The number of hydrogen-bond donors (Lipinski definition) is 3. The summed E-state index contributed by atoms with van der Waals surface area (Å²) in [4.78, 5) is 17.6. The highest BCUT2D eigenvalue weighted by Gasteiger charge is 2.34. The molecule has 1 amide bonds. The van der Waals surface area contributed by atoms with Crippen LogP contribution in [0.1, 0.15) is 79.6 Å². The Labute approximate surface area is 253 Å². The second-order valence-electron chi connectivity index (χ2n) is 11.1. The molecule has 1 aromatic carbocycles. The first kappa shape index (κ1) is 34.9. The Hall–Kier alpha value is -3.25. The van der Waals surface area contributed by atoms with E-state index >= 15 is 0 Å². The van der Waals surface area contributed by atoms with Crippen molar-refractivity contribution in [3.63, 3.8) is 0 Å². The van der Waals surface area contributed by atoms with Gasteiger partial charge in [0.05, 0.1) is 17.0 Å². The summed E-state index contributed by atoms with van der Waals surface area (Å²) in [6, 6.07) is 9.97. The van der Waals surface area contributed by atoms with Crippen molar-refractivity contribution in [2.45, 2.75) is 79.6 Å². The first-order valence-corrected chi connectivity index (χ1v) is 15.8. The summed E-state index contributed by atoms with van der Waals surface area (Å²) >= 11 is 0. The van der Waals surface area contributed by atoms with Gasteiger partial charge in [-0.3, -0.25) is 4.79 Å². The number of benzene rings is 1. The third kappa shape index (κ3) is 12.3. The van der Waals surface area contributed by atoms with Crippen LogP contribution in [0.3, 0.4) is 0 Å². The summed E-state index contributed by atoms with van der Waals surface area (Å²) < 4.78 is 11.5. The summed E-state index contributed by atoms with van der Waals surface area (Å²) in [5, 5.41) is 10.8. The fourth-order valence-electron chi connectivity index (χ4n) is 5.77. The first-order chi connectivity index (χ1) is 20.3. The van der Waals surface area contributed by atoms with Crippen LogP contribution >= 0.6 is 0 Å². The second kappa shape index (κ2) is 19.8. The van der Waals surface area contributed by atoms with Crippen LogP contribution in [0.25, 0.3) is 10.9 Å². The number of rotatable bonds is 12. The molecule has 3 atom stereocenters. The molecule has 1 fully saturated rings. The quantitative estimate of drug-likeness (QED) is 0.134. The van der Waals surface area contributed by atoms with Crippen LogP contribution in [0.4, 0.5) is 15.9 Å². The third-order valence-corrected chi connectivity index (χ3v) is 7.52. The molecule has 2 aliphatic carbocycles. The van der Waals surface area contributed by atoms with E-state index in [4.69, 9.17) is 4.98 Å². The average Bonchev–Trinajstić information content (AvgIpc) is 3.24. The molecule has 42 heavy (non-hydrogen) atoms. The van der Waals surface area contributed by atoms with Gasteiger partial charge in [-0.1, -0.05) is 69.7 Å². The Morgan fingerprint density at radius 2 is 1.95 bits per heavy atom. The molecule has 1 saturated carbocycles. The van der Waals surface area contributed by atoms with Gasteiger partial charge in [-0.2, -0.15) is 0 Å². The largest absolute Gasteiger partial charge is 0.369 e. The lowest BCUT2D eigenvalue weighted by Crippen LogP contribution is -2.21. The molecule has 5 nitrogen and oxygen atoms in total. The standard InChI is InChI=1S/C26H36N4O.C5H7F.C5H10/c1-3-6-20-14-18-13-19(16-21(20)15-18)17-26(31)30-24-8-5-7-23-22(24)9-10-25(29-23)28-12-11-27-4-2;1-3-4-5(2)6;1-3-5-4-2/h5,7-10,16,18-20,27H,3-4,6,11-15,17H2,1-2H3,(H,28,29)(H,30,31);3-4H,1H2,2H3;3,5H,4H2,1-2H3/b;5-4+;5-3-. The third-order valence-electron chi connectivity index (χ3n) is 7.52. The fraction of sp³-hybridized carbons (Fsp3) is 0.500. The van der Waals surface area contributed by atoms with Crippen molar-refractivity contribution in [2.75, 3.05) is 30.3 Å². The Morgan fingerprint density at radius 3 is 2.57 bits per heavy atom. The molecular weight excluding hydrogens is 523 g/mol. The van der Waals surface area contributed by atoms with Gasteiger partial charge >= 0.3 is 0 Å².